The molecular weight excluding hydrogens is 358 g/mol. The lowest BCUT2D eigenvalue weighted by atomic mass is 10.2. The van der Waals surface area contributed by atoms with Crippen LogP contribution in [0.15, 0.2) is 34.8 Å². The molecule has 2 rings (SSSR count). The topological polar surface area (TPSA) is 21.3 Å². The molecule has 0 atom stereocenters. The van der Waals surface area contributed by atoms with Gasteiger partial charge in [-0.3, -0.25) is 0 Å². The maximum absolute atomic E-state index is 5.90. The maximum Gasteiger partial charge on any atom is 0.134 e. The first-order chi connectivity index (χ1) is 9.54. The molecule has 1 aromatic heterocycles. The molecule has 2 nitrogen and oxygen atoms in total. The molecule has 0 bridgehead atoms. The van der Waals surface area contributed by atoms with Crippen LogP contribution in [-0.2, 0) is 13.2 Å². The van der Waals surface area contributed by atoms with Gasteiger partial charge >= 0.3 is 0 Å². The van der Waals surface area contributed by atoms with Gasteiger partial charge in [-0.25, -0.2) is 0 Å². The zero-order valence-corrected chi connectivity index (χ0v) is 14.6. The summed E-state index contributed by atoms with van der Waals surface area (Å²) in [5.41, 5.74) is 1.23. The molecule has 108 valence electrons. The van der Waals surface area contributed by atoms with Gasteiger partial charge in [0.15, 0.2) is 0 Å². The minimum atomic E-state index is 0.480. The van der Waals surface area contributed by atoms with E-state index in [1.807, 2.05) is 18.2 Å². The third-order valence-electron chi connectivity index (χ3n) is 2.71. The molecule has 0 spiro atoms. The highest BCUT2D eigenvalue weighted by Crippen LogP contribution is 2.28. The number of halogens is 2. The highest BCUT2D eigenvalue weighted by molar-refractivity contribution is 9.10. The smallest absolute Gasteiger partial charge is 0.134 e. The lowest BCUT2D eigenvalue weighted by Crippen LogP contribution is -2.21. The lowest BCUT2D eigenvalue weighted by Gasteiger charge is -2.11. The third kappa shape index (κ3) is 4.77. The first kappa shape index (κ1) is 15.8. The summed E-state index contributed by atoms with van der Waals surface area (Å²) in [5, 5.41) is 3.39. The van der Waals surface area contributed by atoms with Crippen LogP contribution in [0, 0.1) is 0 Å². The Hall–Kier alpha value is -0.550. The van der Waals surface area contributed by atoms with E-state index in [-0.39, 0.29) is 0 Å². The van der Waals surface area contributed by atoms with Crippen molar-refractivity contribution in [2.24, 2.45) is 0 Å². The zero-order valence-electron chi connectivity index (χ0n) is 11.5. The molecule has 0 fully saturated rings. The zero-order chi connectivity index (χ0) is 14.5. The summed E-state index contributed by atoms with van der Waals surface area (Å²) < 4.78 is 7.57. The van der Waals surface area contributed by atoms with Gasteiger partial charge in [-0.2, -0.15) is 0 Å². The molecule has 1 N–H and O–H groups in total. The van der Waals surface area contributed by atoms with Gasteiger partial charge in [0.05, 0.1) is 8.81 Å². The fourth-order valence-corrected chi connectivity index (χ4v) is 3.21. The van der Waals surface area contributed by atoms with E-state index in [0.717, 1.165) is 26.0 Å². The van der Waals surface area contributed by atoms with Gasteiger partial charge in [0, 0.05) is 17.5 Å². The molecule has 1 heterocycles. The van der Waals surface area contributed by atoms with Crippen molar-refractivity contribution in [2.45, 2.75) is 33.0 Å². The standard InChI is InChI=1S/C15H17BrClNOS/c1-10(2)18-8-11-3-5-14(13(16)7-11)19-9-12-4-6-15(17)20-12/h3-7,10,18H,8-9H2,1-2H3. The Balaban J connectivity index is 1.95. The number of nitrogens with one attached hydrogen (secondary N) is 1. The van der Waals surface area contributed by atoms with Gasteiger partial charge in [-0.05, 0) is 45.8 Å². The Bertz CT molecular complexity index is 571. The van der Waals surface area contributed by atoms with Crippen molar-refractivity contribution < 1.29 is 4.74 Å². The van der Waals surface area contributed by atoms with E-state index in [2.05, 4.69) is 47.2 Å². The third-order valence-corrected chi connectivity index (χ3v) is 4.53. The van der Waals surface area contributed by atoms with Gasteiger partial charge in [-0.15, -0.1) is 11.3 Å². The largest absolute Gasteiger partial charge is 0.487 e. The van der Waals surface area contributed by atoms with E-state index in [4.69, 9.17) is 16.3 Å². The quantitative estimate of drug-likeness (QED) is 0.746. The van der Waals surface area contributed by atoms with Crippen molar-refractivity contribution in [3.63, 3.8) is 0 Å². The minimum Gasteiger partial charge on any atom is -0.487 e. The first-order valence-corrected chi connectivity index (χ1v) is 8.42. The van der Waals surface area contributed by atoms with Crippen molar-refractivity contribution in [2.75, 3.05) is 0 Å². The van der Waals surface area contributed by atoms with Crippen LogP contribution < -0.4 is 10.1 Å². The van der Waals surface area contributed by atoms with Gasteiger partial charge in [0.2, 0.25) is 0 Å². The molecule has 5 heteroatoms. The highest BCUT2D eigenvalue weighted by Gasteiger charge is 2.05. The van der Waals surface area contributed by atoms with Crippen molar-refractivity contribution in [1.82, 2.24) is 5.32 Å². The lowest BCUT2D eigenvalue weighted by molar-refractivity contribution is 0.307. The van der Waals surface area contributed by atoms with Crippen molar-refractivity contribution in [1.29, 1.82) is 0 Å². The molecular formula is C15H17BrClNOS. The van der Waals surface area contributed by atoms with E-state index in [9.17, 15) is 0 Å². The van der Waals surface area contributed by atoms with Crippen LogP contribution >= 0.6 is 38.9 Å². The van der Waals surface area contributed by atoms with Crippen molar-refractivity contribution >= 4 is 38.9 Å². The molecule has 20 heavy (non-hydrogen) atoms. The van der Waals surface area contributed by atoms with Gasteiger partial charge in [0.25, 0.3) is 0 Å². The fourth-order valence-electron chi connectivity index (χ4n) is 1.67. The number of thiophene rings is 1. The van der Waals surface area contributed by atoms with Gasteiger partial charge < -0.3 is 10.1 Å². The minimum absolute atomic E-state index is 0.480. The summed E-state index contributed by atoms with van der Waals surface area (Å²) in [7, 11) is 0. The maximum atomic E-state index is 5.90. The summed E-state index contributed by atoms with van der Waals surface area (Å²) in [5.74, 6) is 0.850. The van der Waals surface area contributed by atoms with E-state index >= 15 is 0 Å². The Morgan fingerprint density at radius 3 is 2.70 bits per heavy atom. The molecule has 0 radical (unpaired) electrons. The van der Waals surface area contributed by atoms with E-state index in [1.54, 1.807) is 11.3 Å². The highest BCUT2D eigenvalue weighted by atomic mass is 79.9. The van der Waals surface area contributed by atoms with Crippen LogP contribution in [0.5, 0.6) is 5.75 Å². The van der Waals surface area contributed by atoms with Crippen LogP contribution in [0.3, 0.4) is 0 Å². The number of rotatable bonds is 6. The number of hydrogen-bond donors (Lipinski definition) is 1. The molecule has 1 aromatic carbocycles. The van der Waals surface area contributed by atoms with Crippen LogP contribution in [0.1, 0.15) is 24.3 Å². The Labute approximate surface area is 137 Å². The summed E-state index contributed by atoms with van der Waals surface area (Å²) in [6, 6.07) is 10.5. The fraction of sp³-hybridized carbons (Fsp3) is 0.333. The van der Waals surface area contributed by atoms with Crippen LogP contribution in [-0.4, -0.2) is 6.04 Å². The second-order valence-electron chi connectivity index (χ2n) is 4.79. The van der Waals surface area contributed by atoms with E-state index in [1.165, 1.54) is 5.56 Å². The summed E-state index contributed by atoms with van der Waals surface area (Å²) in [6.07, 6.45) is 0. The van der Waals surface area contributed by atoms with Crippen LogP contribution in [0.2, 0.25) is 4.34 Å². The van der Waals surface area contributed by atoms with E-state index in [0.29, 0.717) is 12.6 Å². The number of ether oxygens (including phenoxy) is 1. The first-order valence-electron chi connectivity index (χ1n) is 6.43. The van der Waals surface area contributed by atoms with Crippen LogP contribution in [0.4, 0.5) is 0 Å². The Morgan fingerprint density at radius 2 is 2.10 bits per heavy atom. The molecule has 0 aliphatic carbocycles. The van der Waals surface area contributed by atoms with Crippen LogP contribution in [0.25, 0.3) is 0 Å². The van der Waals surface area contributed by atoms with E-state index < -0.39 is 0 Å². The molecule has 0 unspecified atom stereocenters. The van der Waals surface area contributed by atoms with Gasteiger partial charge in [-0.1, -0.05) is 31.5 Å². The summed E-state index contributed by atoms with van der Waals surface area (Å²) in [4.78, 5) is 1.12. The molecule has 0 saturated carbocycles. The number of hydrogen-bond acceptors (Lipinski definition) is 3. The molecule has 0 aliphatic rings. The number of benzene rings is 1. The van der Waals surface area contributed by atoms with Crippen molar-refractivity contribution in [3.05, 3.63) is 49.6 Å². The average molecular weight is 375 g/mol. The van der Waals surface area contributed by atoms with Crippen molar-refractivity contribution in [3.8, 4) is 5.75 Å². The predicted molar refractivity (Wildman–Crippen MR) is 89.8 cm³/mol. The average Bonchev–Trinajstić information content (AvgIpc) is 2.81. The molecule has 0 aliphatic heterocycles. The second-order valence-corrected chi connectivity index (χ2v) is 7.45. The monoisotopic (exact) mass is 373 g/mol. The van der Waals surface area contributed by atoms with Gasteiger partial charge in [0.1, 0.15) is 12.4 Å². The summed E-state index contributed by atoms with van der Waals surface area (Å²) >= 11 is 11.0. The second kappa shape index (κ2) is 7.46. The molecule has 0 saturated heterocycles. The predicted octanol–water partition coefficient (Wildman–Crippen LogP) is 5.24. The molecule has 2 aromatic rings. The molecule has 0 amide bonds. The Morgan fingerprint density at radius 1 is 1.30 bits per heavy atom. The summed E-state index contributed by atoms with van der Waals surface area (Å²) in [6.45, 7) is 5.67. The SMILES string of the molecule is CC(C)NCc1ccc(OCc2ccc(Cl)s2)c(Br)c1. The normalized spacial score (nSPS) is 11.1. The Kier molecular flexibility index (Phi) is 5.90.